The van der Waals surface area contributed by atoms with E-state index in [9.17, 15) is 5.11 Å². The van der Waals surface area contributed by atoms with Gasteiger partial charge in [-0.25, -0.2) is 4.98 Å². The third kappa shape index (κ3) is 3.19. The van der Waals surface area contributed by atoms with Crippen LogP contribution in [0.2, 0.25) is 0 Å². The number of rotatable bonds is 3. The molecule has 0 aliphatic carbocycles. The molecule has 0 saturated heterocycles. The molecule has 5 rings (SSSR count). The molecular formula is C25H21BrN2O2. The van der Waals surface area contributed by atoms with Crippen molar-refractivity contribution in [2.75, 3.05) is 6.54 Å². The minimum Gasteiger partial charge on any atom is -0.439 e. The number of aliphatic hydroxyl groups is 1. The molecule has 5 heteroatoms. The fraction of sp³-hybridized carbons (Fsp3) is 0.160. The average molecular weight is 461 g/mol. The molecule has 0 radical (unpaired) electrons. The van der Waals surface area contributed by atoms with Crippen molar-refractivity contribution >= 4 is 26.8 Å². The van der Waals surface area contributed by atoms with E-state index in [1.165, 1.54) is 0 Å². The highest BCUT2D eigenvalue weighted by Gasteiger charge is 2.43. The lowest BCUT2D eigenvalue weighted by Gasteiger charge is -2.39. The molecule has 0 saturated carbocycles. The summed E-state index contributed by atoms with van der Waals surface area (Å²) in [5, 5.41) is 13.1. The fourth-order valence-electron chi connectivity index (χ4n) is 4.41. The van der Waals surface area contributed by atoms with E-state index >= 15 is 0 Å². The van der Waals surface area contributed by atoms with Crippen molar-refractivity contribution in [3.63, 3.8) is 0 Å². The average Bonchev–Trinajstić information content (AvgIpc) is 2.75. The number of pyridine rings is 1. The van der Waals surface area contributed by atoms with Crippen LogP contribution in [-0.4, -0.2) is 16.6 Å². The smallest absolute Gasteiger partial charge is 0.223 e. The van der Waals surface area contributed by atoms with Gasteiger partial charge in [0.15, 0.2) is 0 Å². The molecule has 1 aromatic heterocycles. The van der Waals surface area contributed by atoms with Crippen LogP contribution in [0.15, 0.2) is 83.3 Å². The summed E-state index contributed by atoms with van der Waals surface area (Å²) in [4.78, 5) is 4.83. The molecular weight excluding hydrogens is 440 g/mol. The second kappa shape index (κ2) is 7.51. The van der Waals surface area contributed by atoms with E-state index in [1.54, 1.807) is 0 Å². The summed E-state index contributed by atoms with van der Waals surface area (Å²) in [6, 6.07) is 25.7. The molecule has 3 aromatic carbocycles. The molecule has 0 spiro atoms. The van der Waals surface area contributed by atoms with Crippen LogP contribution in [-0.2, 0) is 5.60 Å². The number of halogens is 1. The van der Waals surface area contributed by atoms with Gasteiger partial charge in [-0.15, -0.1) is 0 Å². The molecule has 4 aromatic rings. The number of hydrogen-bond donors (Lipinski definition) is 2. The highest BCUT2D eigenvalue weighted by molar-refractivity contribution is 9.10. The Bertz CT molecular complexity index is 1230. The van der Waals surface area contributed by atoms with Crippen LogP contribution >= 0.6 is 15.9 Å². The first-order valence-corrected chi connectivity index (χ1v) is 10.7. The molecule has 2 bridgehead atoms. The van der Waals surface area contributed by atoms with Gasteiger partial charge in [0.05, 0.1) is 5.52 Å². The van der Waals surface area contributed by atoms with Gasteiger partial charge in [-0.05, 0) is 60.5 Å². The van der Waals surface area contributed by atoms with Gasteiger partial charge in [0.25, 0.3) is 0 Å². The predicted molar refractivity (Wildman–Crippen MR) is 122 cm³/mol. The van der Waals surface area contributed by atoms with Crippen molar-refractivity contribution in [3.8, 4) is 11.6 Å². The molecule has 30 heavy (non-hydrogen) atoms. The number of ether oxygens (including phenoxy) is 1. The normalized spacial score (nSPS) is 20.2. The van der Waals surface area contributed by atoms with Gasteiger partial charge in [0.2, 0.25) is 5.88 Å². The molecule has 0 amide bonds. The first-order valence-electron chi connectivity index (χ1n) is 9.94. The summed E-state index contributed by atoms with van der Waals surface area (Å²) < 4.78 is 7.21. The second-order valence-electron chi connectivity index (χ2n) is 7.66. The zero-order valence-electron chi connectivity index (χ0n) is 16.3. The van der Waals surface area contributed by atoms with Crippen molar-refractivity contribution in [2.45, 2.75) is 17.9 Å². The van der Waals surface area contributed by atoms with Gasteiger partial charge in [0, 0.05) is 21.3 Å². The van der Waals surface area contributed by atoms with Crippen molar-refractivity contribution in [1.29, 1.82) is 0 Å². The van der Waals surface area contributed by atoms with Gasteiger partial charge in [-0.3, -0.25) is 0 Å². The maximum absolute atomic E-state index is 12.2. The molecule has 1 aliphatic rings. The molecule has 4 nitrogen and oxygen atoms in total. The van der Waals surface area contributed by atoms with Crippen molar-refractivity contribution < 1.29 is 9.84 Å². The Hall–Kier alpha value is -2.73. The van der Waals surface area contributed by atoms with Crippen molar-refractivity contribution in [3.05, 3.63) is 100 Å². The van der Waals surface area contributed by atoms with E-state index in [-0.39, 0.29) is 5.92 Å². The summed E-state index contributed by atoms with van der Waals surface area (Å²) in [5.74, 6) is 0.773. The predicted octanol–water partition coefficient (Wildman–Crippen LogP) is 5.47. The quantitative estimate of drug-likeness (QED) is 0.425. The first kappa shape index (κ1) is 19.2. The maximum atomic E-state index is 12.2. The molecule has 1 aliphatic heterocycles. The SMILES string of the molecule is NCCC1(O)c2cccc(c2)Oc2nc3ccc(Br)cc3cc2C1c1ccccc1. The van der Waals surface area contributed by atoms with Gasteiger partial charge in [0.1, 0.15) is 11.4 Å². The molecule has 2 heterocycles. The molecule has 0 fully saturated rings. The second-order valence-corrected chi connectivity index (χ2v) is 8.57. The Morgan fingerprint density at radius 3 is 2.63 bits per heavy atom. The van der Waals surface area contributed by atoms with E-state index in [0.717, 1.165) is 32.1 Å². The van der Waals surface area contributed by atoms with Crippen molar-refractivity contribution in [2.24, 2.45) is 5.73 Å². The minimum atomic E-state index is -1.20. The molecule has 150 valence electrons. The van der Waals surface area contributed by atoms with Crippen LogP contribution in [0.1, 0.15) is 29.0 Å². The Morgan fingerprint density at radius 1 is 1.00 bits per heavy atom. The van der Waals surface area contributed by atoms with E-state index < -0.39 is 5.60 Å². The van der Waals surface area contributed by atoms with Crippen LogP contribution in [0, 0.1) is 0 Å². The lowest BCUT2D eigenvalue weighted by Crippen LogP contribution is -2.37. The number of benzene rings is 3. The maximum Gasteiger partial charge on any atom is 0.223 e. The number of aromatic nitrogens is 1. The Labute approximate surface area is 183 Å². The van der Waals surface area contributed by atoms with E-state index in [1.807, 2.05) is 72.8 Å². The van der Waals surface area contributed by atoms with Crippen molar-refractivity contribution in [1.82, 2.24) is 4.98 Å². The summed E-state index contributed by atoms with van der Waals surface area (Å²) >= 11 is 3.55. The third-order valence-electron chi connectivity index (χ3n) is 5.76. The van der Waals surface area contributed by atoms with Crippen LogP contribution in [0.3, 0.4) is 0 Å². The summed E-state index contributed by atoms with van der Waals surface area (Å²) in [6.07, 6.45) is 0.409. The van der Waals surface area contributed by atoms with E-state index in [4.69, 9.17) is 15.5 Å². The summed E-state index contributed by atoms with van der Waals surface area (Å²) in [7, 11) is 0. The van der Waals surface area contributed by atoms with Crippen LogP contribution in [0.4, 0.5) is 0 Å². The fourth-order valence-corrected chi connectivity index (χ4v) is 4.79. The lowest BCUT2D eigenvalue weighted by atomic mass is 9.71. The molecule has 2 unspecified atom stereocenters. The molecule has 2 atom stereocenters. The van der Waals surface area contributed by atoms with Crippen LogP contribution in [0.25, 0.3) is 10.9 Å². The van der Waals surface area contributed by atoms with Crippen LogP contribution in [0.5, 0.6) is 11.6 Å². The van der Waals surface area contributed by atoms with Gasteiger partial charge in [-0.2, -0.15) is 0 Å². The zero-order chi connectivity index (χ0) is 20.7. The zero-order valence-corrected chi connectivity index (χ0v) is 17.8. The standard InChI is InChI=1S/C25H21BrN2O2/c26-19-9-10-22-17(13-19)14-21-23(16-5-2-1-3-6-16)25(29,11-12-27)18-7-4-8-20(15-18)30-24(21)28-22/h1-10,13-15,23,29H,11-12,27H2. The van der Waals surface area contributed by atoms with Gasteiger partial charge < -0.3 is 15.6 Å². The first-order chi connectivity index (χ1) is 14.6. The number of hydrogen-bond acceptors (Lipinski definition) is 4. The lowest BCUT2D eigenvalue weighted by molar-refractivity contribution is 0.0111. The topological polar surface area (TPSA) is 68.4 Å². The number of fused-ring (bicyclic) bond motifs is 4. The van der Waals surface area contributed by atoms with Gasteiger partial charge >= 0.3 is 0 Å². The Balaban J connectivity index is 1.86. The highest BCUT2D eigenvalue weighted by Crippen LogP contribution is 2.49. The summed E-state index contributed by atoms with van der Waals surface area (Å²) in [5.41, 5.74) is 8.25. The minimum absolute atomic E-state index is 0.354. The monoisotopic (exact) mass is 460 g/mol. The van der Waals surface area contributed by atoms with Gasteiger partial charge in [-0.1, -0.05) is 58.4 Å². The highest BCUT2D eigenvalue weighted by atomic mass is 79.9. The largest absolute Gasteiger partial charge is 0.439 e. The Kier molecular flexibility index (Phi) is 4.82. The number of nitrogens with zero attached hydrogens (tertiary/aromatic N) is 1. The Morgan fingerprint density at radius 2 is 1.83 bits per heavy atom. The number of nitrogens with two attached hydrogens (primary N) is 1. The summed E-state index contributed by atoms with van der Waals surface area (Å²) in [6.45, 7) is 0.354. The molecule has 3 N–H and O–H groups in total. The van der Waals surface area contributed by atoms with Crippen LogP contribution < -0.4 is 10.5 Å². The van der Waals surface area contributed by atoms with E-state index in [0.29, 0.717) is 24.6 Å². The third-order valence-corrected chi connectivity index (χ3v) is 6.26. The van der Waals surface area contributed by atoms with E-state index in [2.05, 4.69) is 22.0 Å².